The summed E-state index contributed by atoms with van der Waals surface area (Å²) < 4.78 is 1.87. The van der Waals surface area contributed by atoms with E-state index in [2.05, 4.69) is 15.7 Å². The first kappa shape index (κ1) is 15.3. The van der Waals surface area contributed by atoms with E-state index in [9.17, 15) is 4.79 Å². The first-order valence-corrected chi connectivity index (χ1v) is 7.29. The highest BCUT2D eigenvalue weighted by Gasteiger charge is 2.09. The number of carbonyl (C=O) groups excluding carboxylic acids is 1. The molecule has 0 aliphatic rings. The molecule has 5 heteroatoms. The van der Waals surface area contributed by atoms with Crippen LogP contribution in [0.5, 0.6) is 0 Å². The van der Waals surface area contributed by atoms with Gasteiger partial charge in [0.05, 0.1) is 0 Å². The zero-order valence-corrected chi connectivity index (χ0v) is 12.4. The van der Waals surface area contributed by atoms with Crippen molar-refractivity contribution < 1.29 is 4.79 Å². The molecule has 112 valence electrons. The van der Waals surface area contributed by atoms with E-state index in [4.69, 9.17) is 0 Å². The average molecular weight is 286 g/mol. The number of aromatic nitrogens is 2. The third kappa shape index (κ3) is 4.72. The van der Waals surface area contributed by atoms with Gasteiger partial charge in [-0.25, -0.2) is 0 Å². The Morgan fingerprint density at radius 1 is 1.24 bits per heavy atom. The Hall–Kier alpha value is -2.14. The number of nitrogens with one attached hydrogen (secondary N) is 2. The van der Waals surface area contributed by atoms with Gasteiger partial charge in [0.25, 0.3) is 5.91 Å². The number of nitrogens with zero attached hydrogens (tertiary/aromatic N) is 2. The number of hydrogen-bond donors (Lipinski definition) is 2. The summed E-state index contributed by atoms with van der Waals surface area (Å²) in [6, 6.07) is 9.67. The number of aryl methyl sites for hydroxylation is 1. The fraction of sp³-hybridized carbons (Fsp3) is 0.375. The second-order valence-electron chi connectivity index (χ2n) is 4.89. The quantitative estimate of drug-likeness (QED) is 0.722. The minimum atomic E-state index is 0.00201. The summed E-state index contributed by atoms with van der Waals surface area (Å²) in [5.74, 6) is 0.00201. The zero-order chi connectivity index (χ0) is 14.9. The van der Waals surface area contributed by atoms with Gasteiger partial charge in [0, 0.05) is 31.0 Å². The highest BCUT2D eigenvalue weighted by Crippen LogP contribution is 2.09. The Labute approximate surface area is 125 Å². The molecule has 0 bridgehead atoms. The van der Waals surface area contributed by atoms with E-state index in [0.29, 0.717) is 6.54 Å². The summed E-state index contributed by atoms with van der Waals surface area (Å²) in [6.45, 7) is 2.33. The highest BCUT2D eigenvalue weighted by atomic mass is 16.1. The largest absolute Gasteiger partial charge is 0.352 e. The van der Waals surface area contributed by atoms with Gasteiger partial charge in [-0.3, -0.25) is 9.48 Å². The average Bonchev–Trinajstić information content (AvgIpc) is 3.03. The maximum atomic E-state index is 12.2. The molecular weight excluding hydrogens is 264 g/mol. The van der Waals surface area contributed by atoms with E-state index in [1.54, 1.807) is 6.20 Å². The van der Waals surface area contributed by atoms with Gasteiger partial charge < -0.3 is 10.6 Å². The molecule has 0 radical (unpaired) electrons. The standard InChI is InChI=1S/C16H22N4O/c1-17-11-8-14-6-2-3-7-15(14)16(21)18-9-4-12-20-13-5-10-19-20/h2-3,5-7,10,13,17H,4,8-9,11-12H2,1H3,(H,18,21). The molecule has 0 fully saturated rings. The molecule has 0 saturated carbocycles. The van der Waals surface area contributed by atoms with Crippen LogP contribution in [0.3, 0.4) is 0 Å². The lowest BCUT2D eigenvalue weighted by molar-refractivity contribution is 0.0951. The predicted molar refractivity (Wildman–Crippen MR) is 83.2 cm³/mol. The fourth-order valence-electron chi connectivity index (χ4n) is 2.19. The smallest absolute Gasteiger partial charge is 0.251 e. The van der Waals surface area contributed by atoms with Crippen LogP contribution in [-0.4, -0.2) is 35.8 Å². The molecule has 0 aliphatic heterocycles. The lowest BCUT2D eigenvalue weighted by Gasteiger charge is -2.10. The molecule has 5 nitrogen and oxygen atoms in total. The summed E-state index contributed by atoms with van der Waals surface area (Å²) in [7, 11) is 1.91. The zero-order valence-electron chi connectivity index (χ0n) is 12.4. The van der Waals surface area contributed by atoms with Crippen molar-refractivity contribution in [2.45, 2.75) is 19.4 Å². The number of hydrogen-bond acceptors (Lipinski definition) is 3. The van der Waals surface area contributed by atoms with Gasteiger partial charge in [-0.2, -0.15) is 5.10 Å². The van der Waals surface area contributed by atoms with Crippen LogP contribution < -0.4 is 10.6 Å². The lowest BCUT2D eigenvalue weighted by atomic mass is 10.0. The molecule has 1 heterocycles. The minimum Gasteiger partial charge on any atom is -0.352 e. The minimum absolute atomic E-state index is 0.00201. The van der Waals surface area contributed by atoms with Gasteiger partial charge in [-0.1, -0.05) is 18.2 Å². The van der Waals surface area contributed by atoms with Crippen molar-refractivity contribution in [2.75, 3.05) is 20.1 Å². The third-order valence-corrected chi connectivity index (χ3v) is 3.32. The van der Waals surface area contributed by atoms with Crippen LogP contribution in [0.15, 0.2) is 42.7 Å². The second kappa shape index (κ2) is 8.21. The maximum Gasteiger partial charge on any atom is 0.251 e. The predicted octanol–water partition coefficient (Wildman–Crippen LogP) is 1.47. The fourth-order valence-corrected chi connectivity index (χ4v) is 2.19. The van der Waals surface area contributed by atoms with Gasteiger partial charge in [0.2, 0.25) is 0 Å². The van der Waals surface area contributed by atoms with E-state index in [0.717, 1.165) is 37.1 Å². The first-order valence-electron chi connectivity index (χ1n) is 7.29. The van der Waals surface area contributed by atoms with Crippen molar-refractivity contribution >= 4 is 5.91 Å². The van der Waals surface area contributed by atoms with Gasteiger partial charge in [-0.05, 0) is 44.1 Å². The maximum absolute atomic E-state index is 12.2. The monoisotopic (exact) mass is 286 g/mol. The van der Waals surface area contributed by atoms with Crippen molar-refractivity contribution in [3.8, 4) is 0 Å². The Bertz CT molecular complexity index is 551. The van der Waals surface area contributed by atoms with Gasteiger partial charge in [0.1, 0.15) is 0 Å². The van der Waals surface area contributed by atoms with Crippen LogP contribution in [-0.2, 0) is 13.0 Å². The van der Waals surface area contributed by atoms with Crippen LogP contribution in [0.1, 0.15) is 22.3 Å². The molecule has 0 spiro atoms. The van der Waals surface area contributed by atoms with E-state index in [1.807, 2.05) is 48.3 Å². The number of benzene rings is 1. The molecule has 0 aliphatic carbocycles. The van der Waals surface area contributed by atoms with Crippen LogP contribution in [0, 0.1) is 0 Å². The van der Waals surface area contributed by atoms with Crippen molar-refractivity contribution in [3.05, 3.63) is 53.9 Å². The van der Waals surface area contributed by atoms with Crippen molar-refractivity contribution in [1.29, 1.82) is 0 Å². The molecule has 1 amide bonds. The molecule has 0 atom stereocenters. The van der Waals surface area contributed by atoms with Crippen molar-refractivity contribution in [2.24, 2.45) is 0 Å². The lowest BCUT2D eigenvalue weighted by Crippen LogP contribution is -2.26. The van der Waals surface area contributed by atoms with E-state index in [-0.39, 0.29) is 5.91 Å². The SMILES string of the molecule is CNCCc1ccccc1C(=O)NCCCn1cccn1. The van der Waals surface area contributed by atoms with E-state index >= 15 is 0 Å². The van der Waals surface area contributed by atoms with Gasteiger partial charge in [-0.15, -0.1) is 0 Å². The Morgan fingerprint density at radius 2 is 2.10 bits per heavy atom. The highest BCUT2D eigenvalue weighted by molar-refractivity contribution is 5.95. The van der Waals surface area contributed by atoms with Gasteiger partial charge in [0.15, 0.2) is 0 Å². The van der Waals surface area contributed by atoms with Crippen LogP contribution in [0.4, 0.5) is 0 Å². The summed E-state index contributed by atoms with van der Waals surface area (Å²) in [5, 5.41) is 10.2. The summed E-state index contributed by atoms with van der Waals surface area (Å²) in [6.07, 6.45) is 5.41. The normalized spacial score (nSPS) is 10.5. The number of carbonyl (C=O) groups is 1. The number of amides is 1. The van der Waals surface area contributed by atoms with E-state index in [1.165, 1.54) is 0 Å². The topological polar surface area (TPSA) is 59.0 Å². The number of rotatable bonds is 8. The van der Waals surface area contributed by atoms with Crippen LogP contribution in [0.25, 0.3) is 0 Å². The molecule has 2 N–H and O–H groups in total. The molecule has 0 saturated heterocycles. The summed E-state index contributed by atoms with van der Waals surface area (Å²) in [5.41, 5.74) is 1.85. The van der Waals surface area contributed by atoms with Crippen LogP contribution >= 0.6 is 0 Å². The Balaban J connectivity index is 1.82. The molecule has 2 rings (SSSR count). The Kier molecular flexibility index (Phi) is 5.97. The molecular formula is C16H22N4O. The second-order valence-corrected chi connectivity index (χ2v) is 4.89. The number of likely N-dealkylation sites (N-methyl/N-ethyl adjacent to an activating group) is 1. The van der Waals surface area contributed by atoms with Gasteiger partial charge >= 0.3 is 0 Å². The summed E-state index contributed by atoms with van der Waals surface area (Å²) >= 11 is 0. The van der Waals surface area contributed by atoms with E-state index < -0.39 is 0 Å². The third-order valence-electron chi connectivity index (χ3n) is 3.32. The molecule has 0 unspecified atom stereocenters. The molecule has 21 heavy (non-hydrogen) atoms. The van der Waals surface area contributed by atoms with Crippen LogP contribution in [0.2, 0.25) is 0 Å². The van der Waals surface area contributed by atoms with Crippen molar-refractivity contribution in [1.82, 2.24) is 20.4 Å². The molecule has 1 aromatic carbocycles. The molecule has 1 aromatic heterocycles. The summed E-state index contributed by atoms with van der Waals surface area (Å²) in [4.78, 5) is 12.2. The van der Waals surface area contributed by atoms with Crippen molar-refractivity contribution in [3.63, 3.8) is 0 Å². The molecule has 2 aromatic rings. The Morgan fingerprint density at radius 3 is 2.86 bits per heavy atom. The first-order chi connectivity index (χ1) is 10.3.